The number of hydrogen-bond donors (Lipinski definition) is 1. The predicted molar refractivity (Wildman–Crippen MR) is 99.5 cm³/mol. The van der Waals surface area contributed by atoms with Crippen molar-refractivity contribution in [2.24, 2.45) is 5.41 Å². The van der Waals surface area contributed by atoms with Gasteiger partial charge in [0.25, 0.3) is 0 Å². The molecule has 2 aliphatic rings. The number of rotatable bonds is 6. The van der Waals surface area contributed by atoms with E-state index in [4.69, 9.17) is 11.6 Å². The molecule has 1 amide bonds. The molecule has 2 atom stereocenters. The molecule has 0 aromatic heterocycles. The lowest BCUT2D eigenvalue weighted by atomic mass is 10.0. The Hall–Kier alpha value is -2.22. The van der Waals surface area contributed by atoms with Gasteiger partial charge in [0, 0.05) is 12.6 Å². The van der Waals surface area contributed by atoms with Crippen LogP contribution < -0.4 is 4.74 Å². The number of amides is 1. The summed E-state index contributed by atoms with van der Waals surface area (Å²) in [4.78, 5) is 24.0. The van der Waals surface area contributed by atoms with Crippen LogP contribution in [-0.2, 0) is 19.4 Å². The van der Waals surface area contributed by atoms with Gasteiger partial charge in [0.05, 0.1) is 15.2 Å². The Labute approximate surface area is 188 Å². The number of carbonyl (C=O) groups is 2. The van der Waals surface area contributed by atoms with E-state index in [0.717, 1.165) is 18.2 Å². The minimum Gasteiger partial charge on any atom is -0.484 e. The highest BCUT2D eigenvalue weighted by Crippen LogP contribution is 2.59. The summed E-state index contributed by atoms with van der Waals surface area (Å²) in [6.07, 6.45) is -11.3. The van der Waals surface area contributed by atoms with Crippen LogP contribution in [0.1, 0.15) is 19.3 Å². The van der Waals surface area contributed by atoms with Gasteiger partial charge < -0.3 is 14.7 Å². The number of alkyl halides is 6. The molecule has 1 aromatic rings. The summed E-state index contributed by atoms with van der Waals surface area (Å²) >= 11 is 5.90. The minimum absolute atomic E-state index is 0.385. The molecule has 3 rings (SSSR count). The first-order valence-corrected chi connectivity index (χ1v) is 11.3. The highest BCUT2D eigenvalue weighted by Gasteiger charge is 2.70. The van der Waals surface area contributed by atoms with Crippen molar-refractivity contribution in [2.45, 2.75) is 47.8 Å². The zero-order valence-corrected chi connectivity index (χ0v) is 18.0. The highest BCUT2D eigenvalue weighted by molar-refractivity contribution is 7.92. The van der Waals surface area contributed by atoms with Crippen molar-refractivity contribution < 1.29 is 54.2 Å². The van der Waals surface area contributed by atoms with E-state index in [1.54, 1.807) is 0 Å². The lowest BCUT2D eigenvalue weighted by Crippen LogP contribution is -2.48. The van der Waals surface area contributed by atoms with Crippen LogP contribution in [0.15, 0.2) is 23.1 Å². The van der Waals surface area contributed by atoms with Crippen LogP contribution in [0.2, 0.25) is 5.02 Å². The summed E-state index contributed by atoms with van der Waals surface area (Å²) in [5.41, 5.74) is -2.73. The van der Waals surface area contributed by atoms with Crippen LogP contribution in [0.25, 0.3) is 0 Å². The van der Waals surface area contributed by atoms with Crippen LogP contribution in [0.5, 0.6) is 5.75 Å². The number of ether oxygens (including phenoxy) is 1. The second-order valence-electron chi connectivity index (χ2n) is 7.79. The van der Waals surface area contributed by atoms with E-state index in [9.17, 15) is 49.5 Å². The fraction of sp³-hybridized carbons (Fsp3) is 0.556. The van der Waals surface area contributed by atoms with E-state index in [0.29, 0.717) is 4.90 Å². The SMILES string of the molecule is O=C(O)[C@H]1C[C@H](S(=O)(=O)c2ccc(OCC(F)(F)F)cc2Cl)CN1C(=O)C1(C(F)(F)F)CC1. The maximum Gasteiger partial charge on any atom is 0.422 e. The largest absolute Gasteiger partial charge is 0.484 e. The lowest BCUT2D eigenvalue weighted by molar-refractivity contribution is -0.199. The first-order chi connectivity index (χ1) is 15.0. The third-order valence-electron chi connectivity index (χ3n) is 5.56. The highest BCUT2D eigenvalue weighted by atomic mass is 35.5. The van der Waals surface area contributed by atoms with Gasteiger partial charge in [0.1, 0.15) is 17.2 Å². The predicted octanol–water partition coefficient (Wildman–Crippen LogP) is 3.45. The zero-order valence-electron chi connectivity index (χ0n) is 16.4. The molecule has 184 valence electrons. The normalized spacial score (nSPS) is 22.8. The third-order valence-corrected chi connectivity index (χ3v) is 8.17. The summed E-state index contributed by atoms with van der Waals surface area (Å²) in [5, 5.41) is 7.27. The van der Waals surface area contributed by atoms with Gasteiger partial charge in [-0.15, -0.1) is 0 Å². The number of nitrogens with zero attached hydrogens (tertiary/aromatic N) is 1. The number of aliphatic carboxylic acids is 1. The Balaban J connectivity index is 1.86. The third kappa shape index (κ3) is 4.86. The van der Waals surface area contributed by atoms with E-state index >= 15 is 0 Å². The maximum absolute atomic E-state index is 13.3. The minimum atomic E-state index is -4.92. The van der Waals surface area contributed by atoms with Crippen LogP contribution in [0.3, 0.4) is 0 Å². The van der Waals surface area contributed by atoms with Crippen molar-refractivity contribution in [3.8, 4) is 5.75 Å². The lowest BCUT2D eigenvalue weighted by Gasteiger charge is -2.28. The first-order valence-electron chi connectivity index (χ1n) is 9.33. The number of benzene rings is 1. The number of carboxylic acids is 1. The molecule has 33 heavy (non-hydrogen) atoms. The topological polar surface area (TPSA) is 101 Å². The van der Waals surface area contributed by atoms with Gasteiger partial charge in [-0.1, -0.05) is 11.6 Å². The van der Waals surface area contributed by atoms with Crippen molar-refractivity contribution in [3.05, 3.63) is 23.2 Å². The molecule has 0 radical (unpaired) electrons. The number of halogens is 7. The van der Waals surface area contributed by atoms with E-state index < -0.39 is 93.1 Å². The van der Waals surface area contributed by atoms with E-state index in [-0.39, 0.29) is 5.75 Å². The Morgan fingerprint density at radius 1 is 1.18 bits per heavy atom. The monoisotopic (exact) mass is 523 g/mol. The van der Waals surface area contributed by atoms with Crippen LogP contribution >= 0.6 is 11.6 Å². The van der Waals surface area contributed by atoms with Gasteiger partial charge in [0.15, 0.2) is 16.4 Å². The van der Waals surface area contributed by atoms with E-state index in [1.165, 1.54) is 0 Å². The maximum atomic E-state index is 13.3. The molecule has 1 heterocycles. The molecule has 0 bridgehead atoms. The Morgan fingerprint density at radius 2 is 1.79 bits per heavy atom. The van der Waals surface area contributed by atoms with Gasteiger partial charge in [-0.3, -0.25) is 4.79 Å². The van der Waals surface area contributed by atoms with Crippen molar-refractivity contribution in [3.63, 3.8) is 0 Å². The number of likely N-dealkylation sites (tertiary alicyclic amines) is 1. The molecule has 0 spiro atoms. The van der Waals surface area contributed by atoms with Gasteiger partial charge in [0.2, 0.25) is 5.91 Å². The molecule has 1 aromatic carbocycles. The summed E-state index contributed by atoms with van der Waals surface area (Å²) in [6.45, 7) is -2.46. The molecule has 7 nitrogen and oxygen atoms in total. The summed E-state index contributed by atoms with van der Waals surface area (Å²) in [7, 11) is -4.47. The summed E-state index contributed by atoms with van der Waals surface area (Å²) in [5.74, 6) is -3.55. The number of carbonyl (C=O) groups excluding carboxylic acids is 1. The first kappa shape index (κ1) is 25.4. The van der Waals surface area contributed by atoms with Crippen LogP contribution in [0.4, 0.5) is 26.3 Å². The van der Waals surface area contributed by atoms with Crippen LogP contribution in [-0.4, -0.2) is 67.1 Å². The average molecular weight is 524 g/mol. The molecule has 1 saturated heterocycles. The fourth-order valence-corrected chi connectivity index (χ4v) is 5.88. The van der Waals surface area contributed by atoms with E-state index in [1.807, 2.05) is 0 Å². The molecule has 2 fully saturated rings. The molecule has 1 N–H and O–H groups in total. The van der Waals surface area contributed by atoms with Gasteiger partial charge in [-0.25, -0.2) is 13.2 Å². The Kier molecular flexibility index (Phi) is 6.33. The summed E-state index contributed by atoms with van der Waals surface area (Å²) < 4.78 is 107. The molecule has 15 heteroatoms. The molecular formula is C18H16ClF6NO6S. The molecule has 1 aliphatic heterocycles. The van der Waals surface area contributed by atoms with Crippen molar-refractivity contribution in [1.82, 2.24) is 4.90 Å². The van der Waals surface area contributed by atoms with Crippen LogP contribution in [0, 0.1) is 5.41 Å². The smallest absolute Gasteiger partial charge is 0.422 e. The van der Waals surface area contributed by atoms with Gasteiger partial charge in [-0.2, -0.15) is 26.3 Å². The average Bonchev–Trinajstić information content (AvgIpc) is 3.37. The molecular weight excluding hydrogens is 508 g/mol. The van der Waals surface area contributed by atoms with E-state index in [2.05, 4.69) is 4.74 Å². The Morgan fingerprint density at radius 3 is 2.24 bits per heavy atom. The van der Waals surface area contributed by atoms with Crippen molar-refractivity contribution in [1.29, 1.82) is 0 Å². The van der Waals surface area contributed by atoms with Crippen molar-refractivity contribution >= 4 is 33.3 Å². The second kappa shape index (κ2) is 8.22. The fourth-order valence-electron chi connectivity index (χ4n) is 3.65. The van der Waals surface area contributed by atoms with Gasteiger partial charge in [-0.05, 0) is 31.4 Å². The second-order valence-corrected chi connectivity index (χ2v) is 10.4. The van der Waals surface area contributed by atoms with Gasteiger partial charge >= 0.3 is 18.3 Å². The summed E-state index contributed by atoms with van der Waals surface area (Å²) in [6, 6.07) is 0.766. The number of sulfone groups is 1. The number of hydrogen-bond acceptors (Lipinski definition) is 5. The standard InChI is InChI=1S/C18H16ClF6NO6S/c19-11-5-9(32-8-17(20,21)22)1-2-13(11)33(30,31)10-6-12(14(27)28)26(7-10)15(29)16(3-4-16)18(23,24)25/h1-2,5,10,12H,3-4,6-8H2,(H,27,28)/t10-,12+/m0/s1. The number of carboxylic acid groups (broad SMARTS) is 1. The molecule has 1 aliphatic carbocycles. The van der Waals surface area contributed by atoms with Crippen molar-refractivity contribution in [2.75, 3.05) is 13.2 Å². The molecule has 1 saturated carbocycles. The molecule has 0 unspecified atom stereocenters. The quantitative estimate of drug-likeness (QED) is 0.573. The zero-order chi connectivity index (χ0) is 25.0. The Bertz CT molecular complexity index is 1070.